The number of methoxy groups -OCH3 is 1. The van der Waals surface area contributed by atoms with Crippen LogP contribution in [0.5, 0.6) is 5.75 Å². The fourth-order valence-corrected chi connectivity index (χ4v) is 3.46. The zero-order chi connectivity index (χ0) is 24.2. The summed E-state index contributed by atoms with van der Waals surface area (Å²) in [5.41, 5.74) is 1.18. The molecular weight excluding hydrogens is 443 g/mol. The molecule has 1 aliphatic rings. The molecule has 11 heteroatoms. The number of benzene rings is 1. The van der Waals surface area contributed by atoms with Crippen LogP contribution < -0.4 is 15.4 Å². The number of halogens is 1. The Morgan fingerprint density at radius 2 is 2.03 bits per heavy atom. The van der Waals surface area contributed by atoms with Crippen LogP contribution in [0.2, 0.25) is 0 Å². The Kier molecular flexibility index (Phi) is 6.82. The molecule has 0 saturated heterocycles. The average molecular weight is 468 g/mol. The average Bonchev–Trinajstić information content (AvgIpc) is 3.58. The number of aromatic nitrogens is 4. The molecule has 3 aromatic rings. The second-order valence-corrected chi connectivity index (χ2v) is 7.87. The van der Waals surface area contributed by atoms with E-state index >= 15 is 0 Å². The van der Waals surface area contributed by atoms with Crippen molar-refractivity contribution < 1.29 is 23.8 Å². The molecule has 10 nitrogen and oxygen atoms in total. The number of amides is 1. The van der Waals surface area contributed by atoms with Gasteiger partial charge < -0.3 is 20.5 Å². The molecule has 0 bridgehead atoms. The molecule has 3 N–H and O–H groups in total. The maximum atomic E-state index is 14.6. The van der Waals surface area contributed by atoms with E-state index in [0.717, 1.165) is 12.8 Å². The number of hydrogen-bond donors (Lipinski definition) is 3. The lowest BCUT2D eigenvalue weighted by Gasteiger charge is -2.17. The van der Waals surface area contributed by atoms with Crippen molar-refractivity contribution >= 4 is 28.9 Å². The van der Waals surface area contributed by atoms with Gasteiger partial charge in [0.05, 0.1) is 42.8 Å². The molecular formula is C23H25FN6O4. The first-order valence-corrected chi connectivity index (χ1v) is 10.9. The highest BCUT2D eigenvalue weighted by molar-refractivity contribution is 6.03. The number of pyridine rings is 1. The van der Waals surface area contributed by atoms with Crippen LogP contribution in [-0.2, 0) is 11.3 Å². The third kappa shape index (κ3) is 5.04. The molecule has 178 valence electrons. The van der Waals surface area contributed by atoms with Gasteiger partial charge in [0.25, 0.3) is 0 Å². The van der Waals surface area contributed by atoms with Gasteiger partial charge in [0, 0.05) is 30.7 Å². The molecule has 1 amide bonds. The van der Waals surface area contributed by atoms with E-state index < -0.39 is 5.82 Å². The number of carbonyl (C=O) groups is 2. The van der Waals surface area contributed by atoms with Crippen LogP contribution in [0.15, 0.2) is 30.7 Å². The van der Waals surface area contributed by atoms with Crippen molar-refractivity contribution in [1.82, 2.24) is 19.7 Å². The first kappa shape index (κ1) is 23.3. The zero-order valence-corrected chi connectivity index (χ0v) is 18.8. The van der Waals surface area contributed by atoms with Crippen molar-refractivity contribution in [2.75, 3.05) is 24.4 Å². The lowest BCUT2D eigenvalue weighted by molar-refractivity contribution is -0.117. The first-order valence-electron chi connectivity index (χ1n) is 10.9. The van der Waals surface area contributed by atoms with Crippen LogP contribution in [0.1, 0.15) is 36.5 Å². The molecule has 0 spiro atoms. The van der Waals surface area contributed by atoms with Crippen LogP contribution >= 0.6 is 0 Å². The summed E-state index contributed by atoms with van der Waals surface area (Å²) >= 11 is 0. The fraction of sp³-hybridized carbons (Fsp3) is 0.348. The van der Waals surface area contributed by atoms with E-state index in [1.807, 2.05) is 0 Å². The molecule has 1 saturated carbocycles. The minimum atomic E-state index is -0.573. The summed E-state index contributed by atoms with van der Waals surface area (Å²) in [5, 5.41) is 19.2. The van der Waals surface area contributed by atoms with Crippen molar-refractivity contribution in [3.8, 4) is 17.1 Å². The highest BCUT2D eigenvalue weighted by Gasteiger charge is 2.30. The Labute approximate surface area is 195 Å². The number of nitrogens with one attached hydrogen (secondary N) is 2. The predicted octanol–water partition coefficient (Wildman–Crippen LogP) is 3.16. The van der Waals surface area contributed by atoms with Crippen molar-refractivity contribution in [3.63, 3.8) is 0 Å². The van der Waals surface area contributed by atoms with E-state index in [2.05, 4.69) is 25.7 Å². The normalized spacial score (nSPS) is 12.9. The van der Waals surface area contributed by atoms with Gasteiger partial charge >= 0.3 is 0 Å². The first-order chi connectivity index (χ1) is 16.4. The van der Waals surface area contributed by atoms with Crippen molar-refractivity contribution in [1.29, 1.82) is 0 Å². The Morgan fingerprint density at radius 3 is 2.71 bits per heavy atom. The summed E-state index contributed by atoms with van der Waals surface area (Å²) in [6, 6.07) is 4.02. The summed E-state index contributed by atoms with van der Waals surface area (Å²) in [5.74, 6) is -0.121. The molecule has 34 heavy (non-hydrogen) atoms. The molecule has 0 radical (unpaired) electrons. The van der Waals surface area contributed by atoms with Crippen LogP contribution in [0.25, 0.3) is 11.4 Å². The van der Waals surface area contributed by atoms with Crippen LogP contribution in [0.3, 0.4) is 0 Å². The van der Waals surface area contributed by atoms with Gasteiger partial charge in [0.15, 0.2) is 17.4 Å². The number of carbonyl (C=O) groups excluding carboxylic acids is 2. The smallest absolute Gasteiger partial charge is 0.228 e. The number of aliphatic hydroxyl groups excluding tert-OH is 1. The van der Waals surface area contributed by atoms with Gasteiger partial charge in [-0.25, -0.2) is 14.4 Å². The Morgan fingerprint density at radius 1 is 1.24 bits per heavy atom. The highest BCUT2D eigenvalue weighted by atomic mass is 19.1. The summed E-state index contributed by atoms with van der Waals surface area (Å²) in [4.78, 5) is 33.1. The largest absolute Gasteiger partial charge is 0.494 e. The van der Waals surface area contributed by atoms with Crippen LogP contribution in [0, 0.1) is 11.7 Å². The van der Waals surface area contributed by atoms with Gasteiger partial charge in [-0.1, -0.05) is 6.92 Å². The number of rotatable bonds is 10. The summed E-state index contributed by atoms with van der Waals surface area (Å²) in [6.45, 7) is 1.85. The topological polar surface area (TPSA) is 131 Å². The molecule has 4 rings (SSSR count). The van der Waals surface area contributed by atoms with E-state index in [-0.39, 0.29) is 60.3 Å². The molecule has 0 aliphatic heterocycles. The lowest BCUT2D eigenvalue weighted by Crippen LogP contribution is -2.15. The van der Waals surface area contributed by atoms with Crippen LogP contribution in [-0.4, -0.2) is 50.3 Å². The summed E-state index contributed by atoms with van der Waals surface area (Å²) in [7, 11) is 1.43. The monoisotopic (exact) mass is 468 g/mol. The maximum Gasteiger partial charge on any atom is 0.228 e. The molecule has 2 heterocycles. The Balaban J connectivity index is 1.73. The van der Waals surface area contributed by atoms with E-state index in [1.165, 1.54) is 36.4 Å². The van der Waals surface area contributed by atoms with Crippen molar-refractivity contribution in [2.45, 2.75) is 32.7 Å². The Bertz CT molecular complexity index is 1220. The lowest BCUT2D eigenvalue weighted by atomic mass is 10.1. The standard InChI is InChI=1S/C23H25FN6O4/c1-3-19(32)16-11-25-20(28-23(33)13-4-5-13)10-17(16)27-18-9-14(24)8-15(21(18)34-2)22-26-12-30(29-22)6-7-31/h8-13,31H,3-7H2,1-2H3,(H2,25,27,28,33). The molecule has 1 aliphatic carbocycles. The molecule has 1 aromatic carbocycles. The molecule has 0 atom stereocenters. The number of Topliss-reactive ketones (excluding diaryl/α,β-unsaturated/α-hetero) is 1. The van der Waals surface area contributed by atoms with Gasteiger partial charge in [-0.15, -0.1) is 0 Å². The van der Waals surface area contributed by atoms with E-state index in [4.69, 9.17) is 9.84 Å². The molecule has 2 aromatic heterocycles. The van der Waals surface area contributed by atoms with E-state index in [0.29, 0.717) is 16.8 Å². The fourth-order valence-electron chi connectivity index (χ4n) is 3.46. The van der Waals surface area contributed by atoms with Crippen molar-refractivity contribution in [2.24, 2.45) is 5.92 Å². The summed E-state index contributed by atoms with van der Waals surface area (Å²) in [6.07, 6.45) is 4.74. The van der Waals surface area contributed by atoms with Gasteiger partial charge in [0.1, 0.15) is 18.0 Å². The van der Waals surface area contributed by atoms with E-state index in [1.54, 1.807) is 13.0 Å². The number of ketones is 1. The SMILES string of the molecule is CCC(=O)c1cnc(NC(=O)C2CC2)cc1Nc1cc(F)cc(-c2ncn(CCO)n2)c1OC. The second kappa shape index (κ2) is 9.96. The number of hydrogen-bond acceptors (Lipinski definition) is 8. The third-order valence-electron chi connectivity index (χ3n) is 5.36. The minimum Gasteiger partial charge on any atom is -0.494 e. The van der Waals surface area contributed by atoms with Gasteiger partial charge in [-0.2, -0.15) is 5.10 Å². The van der Waals surface area contributed by atoms with Gasteiger partial charge in [0.2, 0.25) is 5.91 Å². The number of anilines is 3. The van der Waals surface area contributed by atoms with E-state index in [9.17, 15) is 14.0 Å². The van der Waals surface area contributed by atoms with Gasteiger partial charge in [-0.05, 0) is 18.9 Å². The number of nitrogens with zero attached hydrogens (tertiary/aromatic N) is 4. The second-order valence-electron chi connectivity index (χ2n) is 7.87. The minimum absolute atomic E-state index is 0.0147. The van der Waals surface area contributed by atoms with Crippen molar-refractivity contribution in [3.05, 3.63) is 42.1 Å². The zero-order valence-electron chi connectivity index (χ0n) is 18.8. The van der Waals surface area contributed by atoms with Crippen LogP contribution in [0.4, 0.5) is 21.6 Å². The van der Waals surface area contributed by atoms with Gasteiger partial charge in [-0.3, -0.25) is 14.3 Å². The predicted molar refractivity (Wildman–Crippen MR) is 123 cm³/mol. The Hall–Kier alpha value is -3.86. The number of aliphatic hydroxyl groups is 1. The third-order valence-corrected chi connectivity index (χ3v) is 5.36. The summed E-state index contributed by atoms with van der Waals surface area (Å²) < 4.78 is 21.6. The quantitative estimate of drug-likeness (QED) is 0.387. The molecule has 1 fully saturated rings. The molecule has 0 unspecified atom stereocenters. The highest BCUT2D eigenvalue weighted by Crippen LogP contribution is 2.38. The number of ether oxygens (including phenoxy) is 1. The maximum absolute atomic E-state index is 14.6.